The molecule has 1 aliphatic heterocycles. The number of rotatable bonds is 8. The normalized spacial score (nSPS) is 18.2. The van der Waals surface area contributed by atoms with Crippen LogP contribution >= 0.6 is 0 Å². The van der Waals surface area contributed by atoms with E-state index in [1.165, 1.54) is 32.1 Å². The van der Waals surface area contributed by atoms with Gasteiger partial charge in [-0.1, -0.05) is 32.1 Å². The predicted octanol–water partition coefficient (Wildman–Crippen LogP) is 1.73. The van der Waals surface area contributed by atoms with E-state index in [-0.39, 0.29) is 0 Å². The van der Waals surface area contributed by atoms with Gasteiger partial charge in [-0.3, -0.25) is 0 Å². The van der Waals surface area contributed by atoms with Crippen LogP contribution in [0.4, 0.5) is 0 Å². The molecule has 1 aliphatic rings. The summed E-state index contributed by atoms with van der Waals surface area (Å²) >= 11 is 0. The van der Waals surface area contributed by atoms with E-state index in [4.69, 9.17) is 29.9 Å². The minimum Gasteiger partial charge on any atom is -0.396 e. The fraction of sp³-hybridized carbons (Fsp3) is 1.00. The molecule has 1 unspecified atom stereocenters. The third-order valence-corrected chi connectivity index (χ3v) is 2.63. The maximum atomic E-state index is 8.58. The molecule has 0 amide bonds. The Hall–Kier alpha value is -0.920. The van der Waals surface area contributed by atoms with Gasteiger partial charge in [0.1, 0.15) is 6.79 Å². The molecular weight excluding hydrogens is 242 g/mol. The molecule has 0 saturated carbocycles. The van der Waals surface area contributed by atoms with E-state index in [9.17, 15) is 0 Å². The molecule has 18 heavy (non-hydrogen) atoms. The van der Waals surface area contributed by atoms with Crippen LogP contribution in [0.3, 0.4) is 0 Å². The molecule has 7 nitrogen and oxygen atoms in total. The zero-order valence-electron chi connectivity index (χ0n) is 10.6. The second-order valence-electron chi connectivity index (χ2n) is 4.15. The average Bonchev–Trinajstić information content (AvgIpc) is 2.80. The Morgan fingerprint density at radius 2 is 1.72 bits per heavy atom. The van der Waals surface area contributed by atoms with E-state index in [2.05, 4.69) is 0 Å². The summed E-state index contributed by atoms with van der Waals surface area (Å²) in [6, 6.07) is 0. The zero-order valence-corrected chi connectivity index (χ0v) is 10.6. The van der Waals surface area contributed by atoms with Crippen molar-refractivity contribution in [3.8, 4) is 0 Å². The zero-order chi connectivity index (χ0) is 13.6. The lowest BCUT2D eigenvalue weighted by atomic mass is 10.1. The van der Waals surface area contributed by atoms with Crippen LogP contribution in [0.15, 0.2) is 0 Å². The molecule has 0 aromatic carbocycles. The van der Waals surface area contributed by atoms with Crippen LogP contribution < -0.4 is 0 Å². The van der Waals surface area contributed by atoms with Gasteiger partial charge in [0, 0.05) is 6.61 Å². The second kappa shape index (κ2) is 12.5. The predicted molar refractivity (Wildman–Crippen MR) is 63.9 cm³/mol. The van der Waals surface area contributed by atoms with Crippen LogP contribution in [0.1, 0.15) is 44.9 Å². The molecule has 1 atom stereocenters. The molecule has 2 N–H and O–H groups in total. The molecule has 1 heterocycles. The Kier molecular flexibility index (Phi) is 11.9. The van der Waals surface area contributed by atoms with E-state index in [1.54, 1.807) is 0 Å². The average molecular weight is 265 g/mol. The molecular formula is C11H23NO6. The number of aliphatic hydroxyl groups excluding tert-OH is 1. The quantitative estimate of drug-likeness (QED) is 0.393. The molecule has 0 radical (unpaired) electrons. The first kappa shape index (κ1) is 17.1. The number of hydrogen-bond donors (Lipinski definition) is 2. The molecule has 0 aromatic heterocycles. The van der Waals surface area contributed by atoms with Crippen molar-refractivity contribution in [2.75, 3.05) is 20.0 Å². The van der Waals surface area contributed by atoms with Crippen LogP contribution in [-0.4, -0.2) is 41.5 Å². The van der Waals surface area contributed by atoms with Gasteiger partial charge < -0.3 is 19.8 Å². The monoisotopic (exact) mass is 265 g/mol. The summed E-state index contributed by atoms with van der Waals surface area (Å²) in [5, 5.41) is 22.2. The van der Waals surface area contributed by atoms with E-state index in [0.29, 0.717) is 19.5 Å². The summed E-state index contributed by atoms with van der Waals surface area (Å²) in [5.41, 5.74) is 0. The molecule has 0 bridgehead atoms. The van der Waals surface area contributed by atoms with Crippen molar-refractivity contribution in [2.45, 2.75) is 51.0 Å². The van der Waals surface area contributed by atoms with Gasteiger partial charge in [0.15, 0.2) is 0 Å². The van der Waals surface area contributed by atoms with E-state index in [0.717, 1.165) is 19.4 Å². The van der Waals surface area contributed by atoms with Crippen molar-refractivity contribution in [3.63, 3.8) is 0 Å². The van der Waals surface area contributed by atoms with Crippen LogP contribution in [-0.2, 0) is 9.47 Å². The molecule has 0 spiro atoms. The summed E-state index contributed by atoms with van der Waals surface area (Å²) in [4.78, 5) is 8.36. The van der Waals surface area contributed by atoms with Gasteiger partial charge in [-0.05, 0) is 12.8 Å². The minimum absolute atomic E-state index is 0.341. The van der Waals surface area contributed by atoms with E-state index in [1.807, 2.05) is 0 Å². The fourth-order valence-electron chi connectivity index (χ4n) is 1.73. The van der Waals surface area contributed by atoms with Gasteiger partial charge in [0.2, 0.25) is 0 Å². The first-order valence-electron chi connectivity index (χ1n) is 6.30. The molecule has 0 aliphatic carbocycles. The maximum absolute atomic E-state index is 8.58. The minimum atomic E-state index is -1.50. The molecule has 1 saturated heterocycles. The standard InChI is InChI=1S/C11H22O3.HNO3/c12-8-6-4-2-1-3-5-7-11-9-13-10-14-11;2-1(3)4/h11-12H,1-10H2;(H,2,3,4). The van der Waals surface area contributed by atoms with Gasteiger partial charge in [0.05, 0.1) is 12.7 Å². The summed E-state index contributed by atoms with van der Waals surface area (Å²) < 4.78 is 10.5. The van der Waals surface area contributed by atoms with E-state index >= 15 is 0 Å². The largest absolute Gasteiger partial charge is 0.396 e. The Bertz CT molecular complexity index is 192. The highest BCUT2D eigenvalue weighted by molar-refractivity contribution is 4.60. The van der Waals surface area contributed by atoms with Crippen molar-refractivity contribution in [2.24, 2.45) is 0 Å². The lowest BCUT2D eigenvalue weighted by Crippen LogP contribution is -2.08. The Morgan fingerprint density at radius 3 is 2.22 bits per heavy atom. The van der Waals surface area contributed by atoms with Crippen LogP contribution in [0.5, 0.6) is 0 Å². The van der Waals surface area contributed by atoms with Gasteiger partial charge in [-0.25, -0.2) is 0 Å². The number of aliphatic hydroxyl groups is 1. The molecule has 7 heteroatoms. The Morgan fingerprint density at radius 1 is 1.17 bits per heavy atom. The molecule has 108 valence electrons. The second-order valence-corrected chi connectivity index (χ2v) is 4.15. The molecule has 1 fully saturated rings. The van der Waals surface area contributed by atoms with Crippen molar-refractivity contribution < 1.29 is 24.9 Å². The van der Waals surface area contributed by atoms with Crippen molar-refractivity contribution >= 4 is 0 Å². The number of unbranched alkanes of at least 4 members (excludes halogenated alkanes) is 5. The summed E-state index contributed by atoms with van der Waals surface area (Å²) in [7, 11) is 0. The highest BCUT2D eigenvalue weighted by Gasteiger charge is 2.14. The van der Waals surface area contributed by atoms with Crippen molar-refractivity contribution in [1.82, 2.24) is 0 Å². The van der Waals surface area contributed by atoms with Gasteiger partial charge in [-0.15, -0.1) is 10.1 Å². The smallest absolute Gasteiger partial charge is 0.291 e. The van der Waals surface area contributed by atoms with E-state index < -0.39 is 5.09 Å². The number of nitrogens with zero attached hydrogens (tertiary/aromatic N) is 1. The fourth-order valence-corrected chi connectivity index (χ4v) is 1.73. The first-order valence-corrected chi connectivity index (χ1v) is 6.30. The van der Waals surface area contributed by atoms with Gasteiger partial charge in [0.25, 0.3) is 5.09 Å². The highest BCUT2D eigenvalue weighted by Crippen LogP contribution is 2.13. The number of ether oxygens (including phenoxy) is 2. The van der Waals surface area contributed by atoms with Gasteiger partial charge >= 0.3 is 0 Å². The summed E-state index contributed by atoms with van der Waals surface area (Å²) in [5.74, 6) is 0. The lowest BCUT2D eigenvalue weighted by molar-refractivity contribution is -0.742. The van der Waals surface area contributed by atoms with Crippen LogP contribution in [0, 0.1) is 10.1 Å². The highest BCUT2D eigenvalue weighted by atomic mass is 16.9. The Labute approximate surface area is 107 Å². The first-order chi connectivity index (χ1) is 8.66. The SMILES string of the molecule is O=[N+]([O-])O.OCCCCCCCCC1COCO1. The lowest BCUT2D eigenvalue weighted by Gasteiger charge is -2.06. The van der Waals surface area contributed by atoms with Crippen molar-refractivity contribution in [1.29, 1.82) is 0 Å². The third-order valence-electron chi connectivity index (χ3n) is 2.63. The number of hydrogen-bond acceptors (Lipinski definition) is 5. The van der Waals surface area contributed by atoms with Gasteiger partial charge in [-0.2, -0.15) is 0 Å². The summed E-state index contributed by atoms with van der Waals surface area (Å²) in [6.45, 7) is 1.61. The third kappa shape index (κ3) is 13.1. The summed E-state index contributed by atoms with van der Waals surface area (Å²) in [6.07, 6.45) is 8.68. The van der Waals surface area contributed by atoms with Crippen LogP contribution in [0.25, 0.3) is 0 Å². The van der Waals surface area contributed by atoms with Crippen LogP contribution in [0.2, 0.25) is 0 Å². The molecule has 1 rings (SSSR count). The molecule has 0 aromatic rings. The maximum Gasteiger partial charge on any atom is 0.291 e. The van der Waals surface area contributed by atoms with Crippen molar-refractivity contribution in [3.05, 3.63) is 10.1 Å². The topological polar surface area (TPSA) is 102 Å². The Balaban J connectivity index is 0.000000631.